The second kappa shape index (κ2) is 44.0. The molecule has 0 saturated heterocycles. The summed E-state index contributed by atoms with van der Waals surface area (Å²) in [7, 11) is 4.60. The summed E-state index contributed by atoms with van der Waals surface area (Å²) in [6, 6.07) is 38.4. The van der Waals surface area contributed by atoms with Crippen molar-refractivity contribution in [1.29, 1.82) is 0 Å². The summed E-state index contributed by atoms with van der Waals surface area (Å²) in [6.45, 7) is 4.64. The highest BCUT2D eigenvalue weighted by molar-refractivity contribution is 5.94. The zero-order chi connectivity index (χ0) is 73.6. The van der Waals surface area contributed by atoms with Gasteiger partial charge < -0.3 is 70.1 Å². The van der Waals surface area contributed by atoms with Gasteiger partial charge in [-0.15, -0.1) is 0 Å². The fourth-order valence-electron chi connectivity index (χ4n) is 11.9. The molecule has 0 aliphatic rings. The van der Waals surface area contributed by atoms with Gasteiger partial charge >= 0.3 is 34.8 Å². The number of benzene rings is 6. The highest BCUT2D eigenvalue weighted by Crippen LogP contribution is 2.33. The minimum atomic E-state index is -0.577. The molecule has 0 spiro atoms. The third-order valence-electron chi connectivity index (χ3n) is 17.8. The molecule has 0 fully saturated rings. The smallest absolute Gasteiger partial charge is 0.343 e. The van der Waals surface area contributed by atoms with E-state index in [0.29, 0.717) is 121 Å². The van der Waals surface area contributed by atoms with Crippen LogP contribution in [0.3, 0.4) is 0 Å². The maximum absolute atomic E-state index is 13.0. The topological polar surface area (TPSA) is 253 Å². The zero-order valence-corrected chi connectivity index (χ0v) is 60.6. The minimum absolute atomic E-state index is 0.123. The predicted molar refractivity (Wildman–Crippen MR) is 400 cm³/mol. The first-order valence-electron chi connectivity index (χ1n) is 36.9. The molecular formula is C84H98O21. The summed E-state index contributed by atoms with van der Waals surface area (Å²) in [6.07, 6.45) is 25.7. The summed E-state index contributed by atoms with van der Waals surface area (Å²) < 4.78 is 85.9. The molecule has 3 heterocycles. The molecule has 0 radical (unpaired) electrons. The Balaban J connectivity index is 0.603. The van der Waals surface area contributed by atoms with Gasteiger partial charge in [0.1, 0.15) is 40.1 Å². The van der Waals surface area contributed by atoms with Crippen molar-refractivity contribution in [3.63, 3.8) is 0 Å². The first-order chi connectivity index (χ1) is 51.4. The van der Waals surface area contributed by atoms with Crippen molar-refractivity contribution in [3.8, 4) is 51.7 Å². The Morgan fingerprint density at radius 3 is 0.857 bits per heavy atom. The predicted octanol–water partition coefficient (Wildman–Crippen LogP) is 18.0. The fraction of sp³-hybridized carbons (Fsp3) is 0.429. The van der Waals surface area contributed by atoms with Crippen molar-refractivity contribution in [2.75, 3.05) is 74.2 Å². The van der Waals surface area contributed by atoms with Crippen LogP contribution >= 0.6 is 0 Å². The number of fused-ring (bicyclic) bond motifs is 3. The van der Waals surface area contributed by atoms with Crippen molar-refractivity contribution in [3.05, 3.63) is 194 Å². The van der Waals surface area contributed by atoms with E-state index >= 15 is 0 Å². The molecule has 0 aliphatic heterocycles. The van der Waals surface area contributed by atoms with Crippen LogP contribution in [0.25, 0.3) is 32.9 Å². The lowest BCUT2D eigenvalue weighted by Crippen LogP contribution is -2.26. The number of unbranched alkanes of at least 4 members (excludes halogenated alkanes) is 21. The molecule has 0 saturated carbocycles. The van der Waals surface area contributed by atoms with Gasteiger partial charge in [-0.05, 0) is 148 Å². The van der Waals surface area contributed by atoms with Gasteiger partial charge in [0.2, 0.25) is 0 Å². The number of rotatable bonds is 50. The van der Waals surface area contributed by atoms with Crippen molar-refractivity contribution in [1.82, 2.24) is 0 Å². The first-order valence-corrected chi connectivity index (χ1v) is 36.9. The van der Waals surface area contributed by atoms with E-state index in [1.54, 1.807) is 109 Å². The number of carbonyl (C=O) groups is 3. The number of carbonyl (C=O) groups excluding carboxylic acids is 3. The van der Waals surface area contributed by atoms with Gasteiger partial charge in [0.05, 0.1) is 71.1 Å². The minimum Gasteiger partial charge on any atom is -0.493 e. The highest BCUT2D eigenvalue weighted by Gasteiger charge is 2.19. The highest BCUT2D eigenvalue weighted by atomic mass is 16.6. The molecule has 21 nitrogen and oxygen atoms in total. The van der Waals surface area contributed by atoms with Crippen LogP contribution in [0.2, 0.25) is 0 Å². The van der Waals surface area contributed by atoms with E-state index in [9.17, 15) is 28.8 Å². The molecule has 0 unspecified atom stereocenters. The molecule has 560 valence electrons. The maximum Gasteiger partial charge on any atom is 0.343 e. The molecule has 3 aromatic heterocycles. The molecule has 9 aromatic rings. The van der Waals surface area contributed by atoms with Crippen LogP contribution < -0.4 is 59.5 Å². The van der Waals surface area contributed by atoms with Gasteiger partial charge in [-0.1, -0.05) is 116 Å². The van der Waals surface area contributed by atoms with E-state index < -0.39 is 34.8 Å². The first kappa shape index (κ1) is 79.2. The maximum atomic E-state index is 13.0. The Morgan fingerprint density at radius 1 is 0.295 bits per heavy atom. The Bertz CT molecular complexity index is 4180. The lowest BCUT2D eigenvalue weighted by atomic mass is 10.1. The molecule has 9 rings (SSSR count). The molecule has 0 amide bonds. The second-order valence-corrected chi connectivity index (χ2v) is 25.8. The van der Waals surface area contributed by atoms with Gasteiger partial charge in [-0.25, -0.2) is 28.8 Å². The van der Waals surface area contributed by atoms with Gasteiger partial charge in [0, 0.05) is 72.4 Å². The summed E-state index contributed by atoms with van der Waals surface area (Å²) in [5.41, 5.74) is 0.420. The number of methoxy groups -OCH3 is 3. The Morgan fingerprint density at radius 2 is 0.562 bits per heavy atom. The van der Waals surface area contributed by atoms with E-state index in [1.165, 1.54) is 70.6 Å². The monoisotopic (exact) mass is 1440 g/mol. The third-order valence-corrected chi connectivity index (χ3v) is 17.8. The molecule has 0 aliphatic carbocycles. The van der Waals surface area contributed by atoms with Crippen LogP contribution in [0.5, 0.6) is 51.7 Å². The molecular weight excluding hydrogens is 1340 g/mol. The number of hydrogen-bond donors (Lipinski definition) is 0. The van der Waals surface area contributed by atoms with Crippen LogP contribution in [0.15, 0.2) is 173 Å². The van der Waals surface area contributed by atoms with Gasteiger partial charge in [0.15, 0.2) is 34.5 Å². The van der Waals surface area contributed by atoms with E-state index in [0.717, 1.165) is 157 Å². The SMILES string of the molecule is COc1cc(C(=O)Oc2ccc3ccc(=O)oc3c2)ccc1OCCCCCCCCCCOCC(COCCCCCCCCCCOc1ccc(C(=O)Oc2ccc3ccc(=O)oc3c2)cc1OC)OCCCCCCCCCCOc1ccc(C(=O)Oc2ccc3ccc(=O)oc3c2)cc1OC. The molecule has 0 bridgehead atoms. The standard InChI is InChI=1S/C84H98O21/c1-91-76-52-63(82(88)100-66-37-28-60-34-43-79(85)103-73(60)55-66)31-40-70(76)97-49-25-19-13-6-4-10-16-22-46-94-58-69(96-48-24-18-12-8-9-15-21-27-51-99-72-42-33-65(54-78(72)93-3)84(90)102-68-39-30-62-36-45-81(87)105-75(62)57-68)59-95-47-23-17-11-5-7-14-20-26-50-98-71-41-32-64(53-77(71)92-2)83(89)101-67-38-29-61-35-44-80(86)104-74(61)56-67/h28-45,52-57,69H,4-27,46-51,58-59H2,1-3H3. The average Bonchev–Trinajstić information content (AvgIpc) is 0.836. The lowest BCUT2D eigenvalue weighted by molar-refractivity contribution is -0.0616. The normalized spacial score (nSPS) is 11.3. The molecule has 6 aromatic carbocycles. The van der Waals surface area contributed by atoms with E-state index in [4.69, 9.17) is 70.1 Å². The van der Waals surface area contributed by atoms with Crippen molar-refractivity contribution in [2.45, 2.75) is 160 Å². The van der Waals surface area contributed by atoms with Crippen LogP contribution in [0.1, 0.15) is 185 Å². The van der Waals surface area contributed by atoms with Crippen LogP contribution in [-0.2, 0) is 14.2 Å². The Hall–Kier alpha value is -9.96. The number of esters is 3. The Labute approximate surface area is 612 Å². The Kier molecular flexibility index (Phi) is 33.2. The summed E-state index contributed by atoms with van der Waals surface area (Å²) in [5.74, 6) is 2.01. The second-order valence-electron chi connectivity index (χ2n) is 25.8. The molecule has 0 N–H and O–H groups in total. The average molecular weight is 1440 g/mol. The van der Waals surface area contributed by atoms with E-state index in [-0.39, 0.29) is 23.4 Å². The van der Waals surface area contributed by atoms with E-state index in [1.807, 2.05) is 0 Å². The van der Waals surface area contributed by atoms with Gasteiger partial charge in [-0.2, -0.15) is 0 Å². The van der Waals surface area contributed by atoms with Crippen molar-refractivity contribution >= 4 is 50.8 Å². The largest absolute Gasteiger partial charge is 0.493 e. The summed E-state index contributed by atoms with van der Waals surface area (Å²) in [4.78, 5) is 73.9. The lowest BCUT2D eigenvalue weighted by Gasteiger charge is -2.18. The van der Waals surface area contributed by atoms with Crippen molar-refractivity contribution < 1.29 is 84.5 Å². The molecule has 21 heteroatoms. The molecule has 105 heavy (non-hydrogen) atoms. The van der Waals surface area contributed by atoms with E-state index in [2.05, 4.69) is 0 Å². The van der Waals surface area contributed by atoms with Crippen LogP contribution in [0, 0.1) is 0 Å². The summed E-state index contributed by atoms with van der Waals surface area (Å²) in [5, 5.41) is 2.15. The quantitative estimate of drug-likeness (QED) is 0.0149. The fourth-order valence-corrected chi connectivity index (χ4v) is 11.9. The van der Waals surface area contributed by atoms with Crippen molar-refractivity contribution in [2.24, 2.45) is 0 Å². The van der Waals surface area contributed by atoms with Crippen LogP contribution in [0.4, 0.5) is 0 Å². The van der Waals surface area contributed by atoms with Crippen LogP contribution in [-0.4, -0.2) is 98.2 Å². The third kappa shape index (κ3) is 26.9. The number of hydrogen-bond acceptors (Lipinski definition) is 21. The zero-order valence-electron chi connectivity index (χ0n) is 60.6. The van der Waals surface area contributed by atoms with Gasteiger partial charge in [-0.3, -0.25) is 0 Å². The van der Waals surface area contributed by atoms with Gasteiger partial charge in [0.25, 0.3) is 0 Å². The molecule has 0 atom stereocenters. The summed E-state index contributed by atoms with van der Waals surface area (Å²) >= 11 is 0. The number of ether oxygens (including phenoxy) is 12.